The molecule has 17 heavy (non-hydrogen) atoms. The minimum atomic E-state index is -0.725. The van der Waals surface area contributed by atoms with Gasteiger partial charge >= 0.3 is 0 Å². The number of methoxy groups -OCH3 is 1. The topological polar surface area (TPSA) is 50.8 Å². The molecular formula is C12H24N2O3. The number of hydrogen-bond acceptors (Lipinski definition) is 4. The van der Waals surface area contributed by atoms with Gasteiger partial charge in [0.25, 0.3) is 5.91 Å². The first-order valence-corrected chi connectivity index (χ1v) is 6.16. The summed E-state index contributed by atoms with van der Waals surface area (Å²) in [6, 6.07) is 0. The van der Waals surface area contributed by atoms with Crippen molar-refractivity contribution in [1.29, 1.82) is 0 Å². The lowest BCUT2D eigenvalue weighted by Gasteiger charge is -2.33. The van der Waals surface area contributed by atoms with Crippen molar-refractivity contribution in [3.63, 3.8) is 0 Å². The summed E-state index contributed by atoms with van der Waals surface area (Å²) in [6.07, 6.45) is 0.742. The highest BCUT2D eigenvalue weighted by Crippen LogP contribution is 2.17. The van der Waals surface area contributed by atoms with Gasteiger partial charge in [0, 0.05) is 33.8 Å². The average Bonchev–Trinajstić information content (AvgIpc) is 2.38. The number of amides is 1. The second kappa shape index (κ2) is 6.33. The number of morpholine rings is 1. The van der Waals surface area contributed by atoms with E-state index in [4.69, 9.17) is 9.47 Å². The quantitative estimate of drug-likeness (QED) is 0.753. The first-order valence-electron chi connectivity index (χ1n) is 6.16. The molecule has 1 aliphatic rings. The molecule has 0 saturated carbocycles. The second-order valence-corrected chi connectivity index (χ2v) is 4.67. The fourth-order valence-corrected chi connectivity index (χ4v) is 1.91. The van der Waals surface area contributed by atoms with Crippen molar-refractivity contribution in [3.05, 3.63) is 0 Å². The average molecular weight is 244 g/mol. The van der Waals surface area contributed by atoms with Crippen molar-refractivity contribution in [2.75, 3.05) is 40.4 Å². The Morgan fingerprint density at radius 2 is 2.35 bits per heavy atom. The number of ether oxygens (including phenoxy) is 2. The van der Waals surface area contributed by atoms with Gasteiger partial charge < -0.3 is 19.7 Å². The van der Waals surface area contributed by atoms with E-state index in [-0.39, 0.29) is 12.0 Å². The van der Waals surface area contributed by atoms with Crippen LogP contribution in [-0.2, 0) is 14.3 Å². The fourth-order valence-electron chi connectivity index (χ4n) is 1.91. The Kier molecular flexibility index (Phi) is 5.36. The molecule has 1 N–H and O–H groups in total. The van der Waals surface area contributed by atoms with Crippen molar-refractivity contribution in [1.82, 2.24) is 10.2 Å². The van der Waals surface area contributed by atoms with Crippen LogP contribution in [0.15, 0.2) is 0 Å². The Labute approximate surface area is 103 Å². The Morgan fingerprint density at radius 1 is 1.65 bits per heavy atom. The Morgan fingerprint density at radius 3 is 2.82 bits per heavy atom. The molecule has 2 atom stereocenters. The zero-order valence-corrected chi connectivity index (χ0v) is 11.3. The van der Waals surface area contributed by atoms with Gasteiger partial charge in [0.1, 0.15) is 5.60 Å². The van der Waals surface area contributed by atoms with E-state index in [0.29, 0.717) is 19.6 Å². The summed E-state index contributed by atoms with van der Waals surface area (Å²) in [5, 5.41) is 3.25. The third kappa shape index (κ3) is 3.66. The summed E-state index contributed by atoms with van der Waals surface area (Å²) < 4.78 is 10.9. The summed E-state index contributed by atoms with van der Waals surface area (Å²) in [6.45, 7) is 6.78. The van der Waals surface area contributed by atoms with Crippen LogP contribution in [0, 0.1) is 0 Å². The highest BCUT2D eigenvalue weighted by atomic mass is 16.5. The molecule has 0 aromatic carbocycles. The lowest BCUT2D eigenvalue weighted by molar-refractivity contribution is -0.154. The molecule has 1 rings (SSSR count). The number of rotatable bonds is 5. The molecule has 1 heterocycles. The number of nitrogens with one attached hydrogen (secondary N) is 1. The van der Waals surface area contributed by atoms with Crippen LogP contribution >= 0.6 is 0 Å². The zero-order chi connectivity index (χ0) is 12.9. The lowest BCUT2D eigenvalue weighted by Crippen LogP contribution is -2.51. The molecule has 0 bridgehead atoms. The van der Waals surface area contributed by atoms with Crippen LogP contribution in [0.2, 0.25) is 0 Å². The molecule has 1 saturated heterocycles. The number of nitrogens with zero attached hydrogens (tertiary/aromatic N) is 1. The monoisotopic (exact) mass is 244 g/mol. The minimum absolute atomic E-state index is 0.0108. The van der Waals surface area contributed by atoms with E-state index in [9.17, 15) is 4.79 Å². The van der Waals surface area contributed by atoms with Gasteiger partial charge in [-0.3, -0.25) is 4.79 Å². The summed E-state index contributed by atoms with van der Waals surface area (Å²) >= 11 is 0. The van der Waals surface area contributed by atoms with Gasteiger partial charge in [0.2, 0.25) is 0 Å². The molecule has 0 aliphatic carbocycles. The lowest BCUT2D eigenvalue weighted by atomic mass is 10.0. The van der Waals surface area contributed by atoms with Crippen LogP contribution < -0.4 is 5.32 Å². The van der Waals surface area contributed by atoms with Crippen molar-refractivity contribution in [3.8, 4) is 0 Å². The van der Waals surface area contributed by atoms with E-state index in [1.807, 2.05) is 13.8 Å². The number of carbonyl (C=O) groups excluding carboxylic acids is 1. The molecule has 0 radical (unpaired) electrons. The molecule has 1 fully saturated rings. The van der Waals surface area contributed by atoms with Gasteiger partial charge in [-0.05, 0) is 13.3 Å². The van der Waals surface area contributed by atoms with Gasteiger partial charge in [-0.1, -0.05) is 6.92 Å². The first-order chi connectivity index (χ1) is 8.03. The van der Waals surface area contributed by atoms with Crippen molar-refractivity contribution >= 4 is 5.91 Å². The van der Waals surface area contributed by atoms with Crippen LogP contribution in [0.4, 0.5) is 0 Å². The SMILES string of the molecule is CCC(C)(OC)C(=O)N(C)CC1CNCCO1. The third-order valence-electron chi connectivity index (χ3n) is 3.41. The molecule has 1 amide bonds. The molecule has 100 valence electrons. The van der Waals surface area contributed by atoms with Crippen molar-refractivity contribution in [2.24, 2.45) is 0 Å². The van der Waals surface area contributed by atoms with Crippen LogP contribution in [0.5, 0.6) is 0 Å². The van der Waals surface area contributed by atoms with E-state index < -0.39 is 5.60 Å². The van der Waals surface area contributed by atoms with E-state index >= 15 is 0 Å². The predicted molar refractivity (Wildman–Crippen MR) is 66.0 cm³/mol. The maximum absolute atomic E-state index is 12.2. The Bertz CT molecular complexity index is 248. The fraction of sp³-hybridized carbons (Fsp3) is 0.917. The second-order valence-electron chi connectivity index (χ2n) is 4.67. The molecule has 0 aromatic rings. The van der Waals surface area contributed by atoms with E-state index in [2.05, 4.69) is 5.32 Å². The summed E-state index contributed by atoms with van der Waals surface area (Å²) in [7, 11) is 3.38. The summed E-state index contributed by atoms with van der Waals surface area (Å²) in [5.41, 5.74) is -0.725. The standard InChI is InChI=1S/C12H24N2O3/c1-5-12(2,16-4)11(15)14(3)9-10-8-13-6-7-17-10/h10,13H,5-9H2,1-4H3. The third-order valence-corrected chi connectivity index (χ3v) is 3.41. The van der Waals surface area contributed by atoms with Crippen LogP contribution in [0.1, 0.15) is 20.3 Å². The Balaban J connectivity index is 2.50. The Hall–Kier alpha value is -0.650. The van der Waals surface area contributed by atoms with Crippen molar-refractivity contribution in [2.45, 2.75) is 32.0 Å². The smallest absolute Gasteiger partial charge is 0.254 e. The number of hydrogen-bond donors (Lipinski definition) is 1. The van der Waals surface area contributed by atoms with Crippen LogP contribution in [0.3, 0.4) is 0 Å². The minimum Gasteiger partial charge on any atom is -0.374 e. The van der Waals surface area contributed by atoms with Crippen molar-refractivity contribution < 1.29 is 14.3 Å². The highest BCUT2D eigenvalue weighted by molar-refractivity contribution is 5.84. The molecule has 1 aliphatic heterocycles. The molecule has 2 unspecified atom stereocenters. The largest absolute Gasteiger partial charge is 0.374 e. The summed E-state index contributed by atoms with van der Waals surface area (Å²) in [4.78, 5) is 13.9. The van der Waals surface area contributed by atoms with Crippen LogP contribution in [0.25, 0.3) is 0 Å². The van der Waals surface area contributed by atoms with Crippen LogP contribution in [-0.4, -0.2) is 62.9 Å². The molecule has 0 spiro atoms. The van der Waals surface area contributed by atoms with Gasteiger partial charge in [-0.2, -0.15) is 0 Å². The predicted octanol–water partition coefficient (Wildman–Crippen LogP) is 0.248. The highest BCUT2D eigenvalue weighted by Gasteiger charge is 2.34. The van der Waals surface area contributed by atoms with E-state index in [0.717, 1.165) is 13.1 Å². The maximum atomic E-state index is 12.2. The molecule has 5 nitrogen and oxygen atoms in total. The van der Waals surface area contributed by atoms with Gasteiger partial charge in [-0.15, -0.1) is 0 Å². The van der Waals surface area contributed by atoms with E-state index in [1.165, 1.54) is 0 Å². The molecular weight excluding hydrogens is 220 g/mol. The van der Waals surface area contributed by atoms with Gasteiger partial charge in [0.05, 0.1) is 12.7 Å². The zero-order valence-electron chi connectivity index (χ0n) is 11.3. The maximum Gasteiger partial charge on any atom is 0.254 e. The normalized spacial score (nSPS) is 24.1. The molecule has 0 aromatic heterocycles. The summed E-state index contributed by atoms with van der Waals surface area (Å²) in [5.74, 6) is 0.0108. The van der Waals surface area contributed by atoms with Gasteiger partial charge in [-0.25, -0.2) is 0 Å². The van der Waals surface area contributed by atoms with Gasteiger partial charge in [0.15, 0.2) is 0 Å². The molecule has 5 heteroatoms. The first kappa shape index (κ1) is 14.4. The van der Waals surface area contributed by atoms with E-state index in [1.54, 1.807) is 19.1 Å². The number of carbonyl (C=O) groups is 1. The number of likely N-dealkylation sites (N-methyl/N-ethyl adjacent to an activating group) is 1.